The van der Waals surface area contributed by atoms with Crippen molar-refractivity contribution in [2.75, 3.05) is 6.54 Å². The van der Waals surface area contributed by atoms with E-state index in [0.29, 0.717) is 19.6 Å². The third kappa shape index (κ3) is 5.02. The molecule has 4 nitrogen and oxygen atoms in total. The van der Waals surface area contributed by atoms with Crippen LogP contribution in [0.15, 0.2) is 85.1 Å². The van der Waals surface area contributed by atoms with Crippen LogP contribution in [0.4, 0.5) is 0 Å². The molecule has 0 saturated carbocycles. The number of hydrogen-bond acceptors (Lipinski definition) is 2. The molecule has 0 radical (unpaired) electrons. The molecule has 32 heavy (non-hydrogen) atoms. The Hall–Kier alpha value is -3.53. The maximum Gasteiger partial charge on any atom is 0.220 e. The van der Waals surface area contributed by atoms with Crippen LogP contribution in [0.3, 0.4) is 0 Å². The van der Waals surface area contributed by atoms with Gasteiger partial charge in [-0.2, -0.15) is 0 Å². The maximum absolute atomic E-state index is 12.7. The van der Waals surface area contributed by atoms with Crippen molar-refractivity contribution >= 4 is 16.8 Å². The van der Waals surface area contributed by atoms with Gasteiger partial charge >= 0.3 is 0 Å². The second kappa shape index (κ2) is 10.2. The van der Waals surface area contributed by atoms with Gasteiger partial charge in [-0.15, -0.1) is 0 Å². The number of aryl methyl sites for hydroxylation is 1. The van der Waals surface area contributed by atoms with Crippen LogP contribution in [0.5, 0.6) is 5.75 Å². The van der Waals surface area contributed by atoms with Crippen molar-refractivity contribution in [3.8, 4) is 5.75 Å². The average molecular weight is 427 g/mol. The van der Waals surface area contributed by atoms with Crippen molar-refractivity contribution in [1.29, 1.82) is 0 Å². The first-order valence-electron chi connectivity index (χ1n) is 11.2. The quantitative estimate of drug-likeness (QED) is 0.367. The molecule has 1 amide bonds. The van der Waals surface area contributed by atoms with Crippen LogP contribution in [0, 0.1) is 0 Å². The highest BCUT2D eigenvalue weighted by molar-refractivity contribution is 5.86. The van der Waals surface area contributed by atoms with E-state index in [1.807, 2.05) is 36.4 Å². The molecule has 0 aliphatic rings. The molecule has 0 saturated heterocycles. The molecule has 0 bridgehead atoms. The zero-order valence-corrected chi connectivity index (χ0v) is 18.8. The van der Waals surface area contributed by atoms with E-state index >= 15 is 0 Å². The Morgan fingerprint density at radius 1 is 1.00 bits per heavy atom. The lowest BCUT2D eigenvalue weighted by molar-refractivity contribution is -0.121. The van der Waals surface area contributed by atoms with Crippen LogP contribution in [0.1, 0.15) is 42.4 Å². The van der Waals surface area contributed by atoms with E-state index < -0.39 is 0 Å². The van der Waals surface area contributed by atoms with Gasteiger partial charge in [0, 0.05) is 43.0 Å². The van der Waals surface area contributed by atoms with Crippen molar-refractivity contribution in [3.05, 3.63) is 102 Å². The Balaban J connectivity index is 1.66. The summed E-state index contributed by atoms with van der Waals surface area (Å²) in [6.07, 6.45) is 3.48. The lowest BCUT2D eigenvalue weighted by Gasteiger charge is -2.18. The van der Waals surface area contributed by atoms with Crippen molar-refractivity contribution in [3.63, 3.8) is 0 Å². The average Bonchev–Trinajstić information content (AvgIpc) is 3.17. The molecule has 4 heteroatoms. The number of ether oxygens (including phenoxy) is 1. The largest absolute Gasteiger partial charge is 0.489 e. The molecule has 3 aromatic carbocycles. The third-order valence-electron chi connectivity index (χ3n) is 5.77. The molecular weight excluding hydrogens is 396 g/mol. The number of nitrogens with one attached hydrogen (secondary N) is 1. The van der Waals surface area contributed by atoms with Gasteiger partial charge in [-0.25, -0.2) is 0 Å². The molecule has 164 valence electrons. The molecule has 1 unspecified atom stereocenters. The standard InChI is InChI=1S/C28H30N2O2/c1-3-16-29-28(31)18-25(26-19-30(2)27-15-8-7-14-24(26)27)22-12-9-13-23(17-22)32-20-21-10-5-4-6-11-21/h4-15,17,19,25H,3,16,18,20H2,1-2H3,(H,29,31). The van der Waals surface area contributed by atoms with Crippen LogP contribution in [0.2, 0.25) is 0 Å². The van der Waals surface area contributed by atoms with Gasteiger partial charge in [0.05, 0.1) is 0 Å². The third-order valence-corrected chi connectivity index (χ3v) is 5.77. The molecule has 1 heterocycles. The Morgan fingerprint density at radius 3 is 2.59 bits per heavy atom. The highest BCUT2D eigenvalue weighted by Crippen LogP contribution is 2.35. The summed E-state index contributed by atoms with van der Waals surface area (Å²) in [6, 6.07) is 26.7. The first kappa shape index (κ1) is 21.7. The van der Waals surface area contributed by atoms with Crippen molar-refractivity contribution in [1.82, 2.24) is 9.88 Å². The fraction of sp³-hybridized carbons (Fsp3) is 0.250. The lowest BCUT2D eigenvalue weighted by Crippen LogP contribution is -2.26. The highest BCUT2D eigenvalue weighted by Gasteiger charge is 2.22. The van der Waals surface area contributed by atoms with Crippen LogP contribution in [0.25, 0.3) is 10.9 Å². The van der Waals surface area contributed by atoms with E-state index in [0.717, 1.165) is 34.4 Å². The second-order valence-electron chi connectivity index (χ2n) is 8.17. The van der Waals surface area contributed by atoms with Crippen molar-refractivity contribution in [2.24, 2.45) is 7.05 Å². The summed E-state index contributed by atoms with van der Waals surface area (Å²) in [5.41, 5.74) is 4.54. The summed E-state index contributed by atoms with van der Waals surface area (Å²) in [5, 5.41) is 4.22. The van der Waals surface area contributed by atoms with E-state index in [2.05, 4.69) is 72.5 Å². The van der Waals surface area contributed by atoms with Crippen LogP contribution < -0.4 is 10.1 Å². The molecule has 1 atom stereocenters. The molecule has 0 aliphatic heterocycles. The zero-order chi connectivity index (χ0) is 22.3. The van der Waals surface area contributed by atoms with E-state index in [1.54, 1.807) is 0 Å². The van der Waals surface area contributed by atoms with E-state index in [9.17, 15) is 4.79 Å². The van der Waals surface area contributed by atoms with E-state index in [4.69, 9.17) is 4.74 Å². The molecule has 1 N–H and O–H groups in total. The van der Waals surface area contributed by atoms with Gasteiger partial charge in [-0.1, -0.05) is 67.6 Å². The smallest absolute Gasteiger partial charge is 0.220 e. The lowest BCUT2D eigenvalue weighted by atomic mass is 9.88. The number of rotatable bonds is 9. The predicted octanol–water partition coefficient (Wildman–Crippen LogP) is 5.81. The molecule has 1 aromatic heterocycles. The number of para-hydroxylation sites is 1. The van der Waals surface area contributed by atoms with Gasteiger partial charge in [0.2, 0.25) is 5.91 Å². The van der Waals surface area contributed by atoms with E-state index in [1.165, 1.54) is 5.39 Å². The summed E-state index contributed by atoms with van der Waals surface area (Å²) in [5.74, 6) is 0.823. The summed E-state index contributed by atoms with van der Waals surface area (Å²) in [7, 11) is 2.06. The topological polar surface area (TPSA) is 43.3 Å². The van der Waals surface area contributed by atoms with Gasteiger partial charge in [0.25, 0.3) is 0 Å². The first-order valence-corrected chi connectivity index (χ1v) is 11.2. The van der Waals surface area contributed by atoms with E-state index in [-0.39, 0.29) is 11.8 Å². The SMILES string of the molecule is CCCNC(=O)CC(c1cccc(OCc2ccccc2)c1)c1cn(C)c2ccccc12. The first-order chi connectivity index (χ1) is 15.7. The minimum atomic E-state index is -0.0572. The molecule has 0 fully saturated rings. The van der Waals surface area contributed by atoms with Crippen LogP contribution in [-0.2, 0) is 18.4 Å². The summed E-state index contributed by atoms with van der Waals surface area (Å²) >= 11 is 0. The molecule has 0 aliphatic carbocycles. The molecular formula is C28H30N2O2. The van der Waals surface area contributed by atoms with Crippen molar-refractivity contribution < 1.29 is 9.53 Å². The number of hydrogen-bond donors (Lipinski definition) is 1. The Labute approximate surface area is 189 Å². The normalized spacial score (nSPS) is 11.9. The Bertz CT molecular complexity index is 1180. The Morgan fingerprint density at radius 2 is 1.78 bits per heavy atom. The number of aromatic nitrogens is 1. The number of carbonyl (C=O) groups is 1. The van der Waals surface area contributed by atoms with Gasteiger partial charge in [0.1, 0.15) is 12.4 Å². The maximum atomic E-state index is 12.7. The summed E-state index contributed by atoms with van der Waals surface area (Å²) in [6.45, 7) is 3.28. The fourth-order valence-electron chi connectivity index (χ4n) is 4.14. The summed E-state index contributed by atoms with van der Waals surface area (Å²) < 4.78 is 8.21. The molecule has 4 aromatic rings. The number of fused-ring (bicyclic) bond motifs is 1. The van der Waals surface area contributed by atoms with Gasteiger partial charge in [-0.3, -0.25) is 4.79 Å². The second-order valence-corrected chi connectivity index (χ2v) is 8.17. The molecule has 0 spiro atoms. The highest BCUT2D eigenvalue weighted by atomic mass is 16.5. The number of benzene rings is 3. The predicted molar refractivity (Wildman–Crippen MR) is 130 cm³/mol. The van der Waals surface area contributed by atoms with Crippen molar-refractivity contribution in [2.45, 2.75) is 32.3 Å². The van der Waals surface area contributed by atoms with Gasteiger partial charge in [-0.05, 0) is 41.3 Å². The number of nitrogens with zero attached hydrogens (tertiary/aromatic N) is 1. The van der Waals surface area contributed by atoms with Crippen LogP contribution >= 0.6 is 0 Å². The Kier molecular flexibility index (Phi) is 6.90. The number of amides is 1. The van der Waals surface area contributed by atoms with Crippen LogP contribution in [-0.4, -0.2) is 17.0 Å². The number of carbonyl (C=O) groups excluding carboxylic acids is 1. The minimum absolute atomic E-state index is 0.0572. The van der Waals surface area contributed by atoms with Gasteiger partial charge in [0.15, 0.2) is 0 Å². The fourth-order valence-corrected chi connectivity index (χ4v) is 4.14. The van der Waals surface area contributed by atoms with Gasteiger partial charge < -0.3 is 14.6 Å². The summed E-state index contributed by atoms with van der Waals surface area (Å²) in [4.78, 5) is 12.7. The zero-order valence-electron chi connectivity index (χ0n) is 18.8. The minimum Gasteiger partial charge on any atom is -0.489 e. The monoisotopic (exact) mass is 426 g/mol. The molecule has 4 rings (SSSR count).